The van der Waals surface area contributed by atoms with Gasteiger partial charge in [-0.25, -0.2) is 12.7 Å². The van der Waals surface area contributed by atoms with Crippen LogP contribution in [0, 0.1) is 6.92 Å². The monoisotopic (exact) mass is 492 g/mol. The van der Waals surface area contributed by atoms with E-state index in [0.717, 1.165) is 35.9 Å². The fraction of sp³-hybridized carbons (Fsp3) is 0.458. The van der Waals surface area contributed by atoms with E-state index >= 15 is 0 Å². The molecule has 1 aliphatic heterocycles. The lowest BCUT2D eigenvalue weighted by molar-refractivity contribution is -0.116. The second-order valence-corrected chi connectivity index (χ2v) is 11.1. The molecule has 0 saturated carbocycles. The summed E-state index contributed by atoms with van der Waals surface area (Å²) in [5, 5.41) is 3.06. The Balaban J connectivity index is 1.52. The number of rotatable bonds is 8. The summed E-state index contributed by atoms with van der Waals surface area (Å²) in [7, 11) is 1.93. The van der Waals surface area contributed by atoms with E-state index in [0.29, 0.717) is 17.3 Å². The third-order valence-electron chi connectivity index (χ3n) is 6.21. The number of carbonyl (C=O) groups is 1. The number of sulfonamides is 1. The largest absolute Gasteiger partial charge is 0.371 e. The fourth-order valence-electron chi connectivity index (χ4n) is 3.99. The Hall–Kier alpha value is -2.13. The van der Waals surface area contributed by atoms with E-state index in [4.69, 9.17) is 11.6 Å². The fourth-order valence-corrected chi connectivity index (χ4v) is 5.71. The minimum Gasteiger partial charge on any atom is -0.371 e. The van der Waals surface area contributed by atoms with Gasteiger partial charge in [0.1, 0.15) is 4.90 Å². The molecule has 0 radical (unpaired) electrons. The van der Waals surface area contributed by atoms with Crippen LogP contribution < -0.4 is 10.2 Å². The van der Waals surface area contributed by atoms with Crippen LogP contribution in [0.4, 0.5) is 11.4 Å². The SMILES string of the molecule is Cc1cccc(S(=O)(=O)N(C)CCC(=O)Nc2ccc(N3CCC(N(C)C)CC3)cc2)c1Cl. The summed E-state index contributed by atoms with van der Waals surface area (Å²) in [4.78, 5) is 17.1. The van der Waals surface area contributed by atoms with Crippen molar-refractivity contribution in [1.29, 1.82) is 0 Å². The molecule has 0 unspecified atom stereocenters. The predicted octanol–water partition coefficient (Wildman–Crippen LogP) is 3.83. The summed E-state index contributed by atoms with van der Waals surface area (Å²) in [5.74, 6) is -0.244. The van der Waals surface area contributed by atoms with Gasteiger partial charge in [0.2, 0.25) is 15.9 Å². The standard InChI is InChI=1S/C24H33ClN4O3S/c1-18-6-5-7-22(24(18)25)33(31,32)28(4)15-14-23(30)26-19-8-10-21(11-9-19)29-16-12-20(13-17-29)27(2)3/h5-11,20H,12-17H2,1-4H3,(H,26,30). The number of piperidine rings is 1. The van der Waals surface area contributed by atoms with Gasteiger partial charge >= 0.3 is 0 Å². The van der Waals surface area contributed by atoms with Gasteiger partial charge in [-0.3, -0.25) is 4.79 Å². The zero-order chi connectivity index (χ0) is 24.2. The molecule has 1 heterocycles. The molecule has 0 aliphatic carbocycles. The van der Waals surface area contributed by atoms with Crippen molar-refractivity contribution in [2.75, 3.05) is 51.0 Å². The summed E-state index contributed by atoms with van der Waals surface area (Å²) in [5.41, 5.74) is 2.53. The summed E-state index contributed by atoms with van der Waals surface area (Å²) in [6.45, 7) is 3.84. The highest BCUT2D eigenvalue weighted by Crippen LogP contribution is 2.27. The minimum absolute atomic E-state index is 0.0406. The van der Waals surface area contributed by atoms with E-state index in [1.54, 1.807) is 19.1 Å². The molecule has 0 spiro atoms. The molecule has 1 aliphatic rings. The van der Waals surface area contributed by atoms with Gasteiger partial charge < -0.3 is 15.1 Å². The van der Waals surface area contributed by atoms with Crippen molar-refractivity contribution < 1.29 is 13.2 Å². The molecule has 1 amide bonds. The predicted molar refractivity (Wildman–Crippen MR) is 135 cm³/mol. The molecule has 33 heavy (non-hydrogen) atoms. The number of hydrogen-bond donors (Lipinski definition) is 1. The average Bonchev–Trinajstić information content (AvgIpc) is 2.79. The number of anilines is 2. The summed E-state index contributed by atoms with van der Waals surface area (Å²) >= 11 is 6.19. The third kappa shape index (κ3) is 6.26. The number of carbonyl (C=O) groups excluding carboxylic acids is 1. The van der Waals surface area contributed by atoms with Gasteiger partial charge in [0.15, 0.2) is 0 Å². The Morgan fingerprint density at radius 2 is 1.73 bits per heavy atom. The van der Waals surface area contributed by atoms with Gasteiger partial charge in [-0.1, -0.05) is 23.7 Å². The molecule has 3 rings (SSSR count). The number of aryl methyl sites for hydroxylation is 1. The zero-order valence-electron chi connectivity index (χ0n) is 19.7. The molecule has 0 bridgehead atoms. The molecular weight excluding hydrogens is 460 g/mol. The van der Waals surface area contributed by atoms with Crippen molar-refractivity contribution in [3.05, 3.63) is 53.1 Å². The van der Waals surface area contributed by atoms with Gasteiger partial charge in [0, 0.05) is 50.5 Å². The Morgan fingerprint density at radius 3 is 2.33 bits per heavy atom. The normalized spacial score (nSPS) is 15.3. The van der Waals surface area contributed by atoms with Crippen molar-refractivity contribution in [3.63, 3.8) is 0 Å². The van der Waals surface area contributed by atoms with Gasteiger partial charge in [-0.05, 0) is 69.8 Å². The molecule has 9 heteroatoms. The Morgan fingerprint density at radius 1 is 1.09 bits per heavy atom. The molecule has 1 N–H and O–H groups in total. The summed E-state index contributed by atoms with van der Waals surface area (Å²) < 4.78 is 26.8. The number of hydrogen-bond acceptors (Lipinski definition) is 5. The second-order valence-electron chi connectivity index (χ2n) is 8.74. The second kappa shape index (κ2) is 10.9. The number of nitrogens with one attached hydrogen (secondary N) is 1. The van der Waals surface area contributed by atoms with Crippen molar-refractivity contribution in [2.24, 2.45) is 0 Å². The molecule has 0 aromatic heterocycles. The van der Waals surface area contributed by atoms with Crippen LogP contribution in [-0.2, 0) is 14.8 Å². The van der Waals surface area contributed by atoms with Crippen molar-refractivity contribution >= 4 is 38.9 Å². The lowest BCUT2D eigenvalue weighted by atomic mass is 10.0. The Labute approximate surface area is 202 Å². The third-order valence-corrected chi connectivity index (χ3v) is 8.72. The molecule has 180 valence electrons. The van der Waals surface area contributed by atoms with E-state index in [9.17, 15) is 13.2 Å². The molecule has 2 aromatic carbocycles. The van der Waals surface area contributed by atoms with Crippen molar-refractivity contribution in [2.45, 2.75) is 37.1 Å². The summed E-state index contributed by atoms with van der Waals surface area (Å²) in [6, 6.07) is 13.3. The first-order valence-electron chi connectivity index (χ1n) is 11.1. The lowest BCUT2D eigenvalue weighted by Gasteiger charge is -2.36. The smallest absolute Gasteiger partial charge is 0.244 e. The molecule has 2 aromatic rings. The van der Waals surface area contributed by atoms with E-state index in [-0.39, 0.29) is 28.8 Å². The van der Waals surface area contributed by atoms with Crippen LogP contribution in [-0.4, -0.2) is 70.3 Å². The molecule has 1 fully saturated rings. The topological polar surface area (TPSA) is 73.0 Å². The molecule has 0 atom stereocenters. The zero-order valence-corrected chi connectivity index (χ0v) is 21.3. The number of benzene rings is 2. The highest BCUT2D eigenvalue weighted by Gasteiger charge is 2.25. The Kier molecular flexibility index (Phi) is 8.39. The maximum Gasteiger partial charge on any atom is 0.244 e. The lowest BCUT2D eigenvalue weighted by Crippen LogP contribution is -2.41. The molecule has 7 nitrogen and oxygen atoms in total. The van der Waals surface area contributed by atoms with Crippen LogP contribution in [0.3, 0.4) is 0 Å². The highest BCUT2D eigenvalue weighted by atomic mass is 35.5. The number of halogens is 1. The van der Waals surface area contributed by atoms with Gasteiger partial charge in [0.05, 0.1) is 5.02 Å². The van der Waals surface area contributed by atoms with Crippen LogP contribution in [0.2, 0.25) is 5.02 Å². The highest BCUT2D eigenvalue weighted by molar-refractivity contribution is 7.89. The van der Waals surface area contributed by atoms with Crippen LogP contribution >= 0.6 is 11.6 Å². The van der Waals surface area contributed by atoms with Crippen LogP contribution in [0.15, 0.2) is 47.4 Å². The van der Waals surface area contributed by atoms with Gasteiger partial charge in [-0.15, -0.1) is 0 Å². The van der Waals surface area contributed by atoms with Gasteiger partial charge in [0.25, 0.3) is 0 Å². The molecular formula is C24H33ClN4O3S. The van der Waals surface area contributed by atoms with Crippen LogP contribution in [0.25, 0.3) is 0 Å². The average molecular weight is 493 g/mol. The van der Waals surface area contributed by atoms with E-state index in [2.05, 4.69) is 29.2 Å². The minimum atomic E-state index is -3.78. The maximum absolute atomic E-state index is 12.8. The maximum atomic E-state index is 12.8. The van der Waals surface area contributed by atoms with E-state index in [1.165, 1.54) is 13.1 Å². The van der Waals surface area contributed by atoms with E-state index < -0.39 is 10.0 Å². The van der Waals surface area contributed by atoms with Crippen molar-refractivity contribution in [3.8, 4) is 0 Å². The van der Waals surface area contributed by atoms with Gasteiger partial charge in [-0.2, -0.15) is 0 Å². The summed E-state index contributed by atoms with van der Waals surface area (Å²) in [6.07, 6.45) is 2.31. The quantitative estimate of drug-likeness (QED) is 0.606. The Bertz CT molecular complexity index is 1070. The van der Waals surface area contributed by atoms with Crippen LogP contribution in [0.5, 0.6) is 0 Å². The molecule has 1 saturated heterocycles. The number of nitrogens with zero attached hydrogens (tertiary/aromatic N) is 3. The first kappa shape index (κ1) is 25.5. The first-order valence-corrected chi connectivity index (χ1v) is 12.9. The van der Waals surface area contributed by atoms with Crippen LogP contribution in [0.1, 0.15) is 24.8 Å². The van der Waals surface area contributed by atoms with Crippen molar-refractivity contribution in [1.82, 2.24) is 9.21 Å². The first-order chi connectivity index (χ1) is 15.6. The van der Waals surface area contributed by atoms with E-state index in [1.807, 2.05) is 24.3 Å². The number of amides is 1.